The van der Waals surface area contributed by atoms with Crippen molar-refractivity contribution in [3.63, 3.8) is 0 Å². The van der Waals surface area contributed by atoms with Gasteiger partial charge in [-0.2, -0.15) is 5.26 Å². The number of rotatable bonds is 2. The minimum Gasteiger partial charge on any atom is -0.288 e. The summed E-state index contributed by atoms with van der Waals surface area (Å²) in [5.74, 6) is -2.54. The van der Waals surface area contributed by atoms with Gasteiger partial charge in [-0.05, 0) is 22.9 Å². The third kappa shape index (κ3) is 2.33. The third-order valence-corrected chi connectivity index (χ3v) is 3.43. The molecule has 0 aliphatic heterocycles. The highest BCUT2D eigenvalue weighted by Crippen LogP contribution is 2.21. The van der Waals surface area contributed by atoms with E-state index >= 15 is 0 Å². The summed E-state index contributed by atoms with van der Waals surface area (Å²) in [5, 5.41) is 10.6. The summed E-state index contributed by atoms with van der Waals surface area (Å²) >= 11 is 0. The zero-order valence-electron chi connectivity index (χ0n) is 11.3. The molecule has 22 heavy (non-hydrogen) atoms. The summed E-state index contributed by atoms with van der Waals surface area (Å²) in [5.41, 5.74) is -0.383. The average Bonchev–Trinajstić information content (AvgIpc) is 2.54. The molecule has 0 aliphatic carbocycles. The Hall–Kier alpha value is -3.06. The summed E-state index contributed by atoms with van der Waals surface area (Å²) in [6.07, 6.45) is 0. The van der Waals surface area contributed by atoms with E-state index in [2.05, 4.69) is 0 Å². The SMILES string of the molecule is N#Cc1cc(C(=O)c2ccc3ccccc3c2)c(F)cc1F. The van der Waals surface area contributed by atoms with E-state index < -0.39 is 17.4 Å². The number of hydrogen-bond donors (Lipinski definition) is 0. The van der Waals surface area contributed by atoms with Crippen molar-refractivity contribution >= 4 is 16.6 Å². The lowest BCUT2D eigenvalue weighted by molar-refractivity contribution is 0.103. The summed E-state index contributed by atoms with van der Waals surface area (Å²) in [7, 11) is 0. The van der Waals surface area contributed by atoms with Crippen LogP contribution < -0.4 is 0 Å². The van der Waals surface area contributed by atoms with Crippen LogP contribution in [0.4, 0.5) is 8.78 Å². The fraction of sp³-hybridized carbons (Fsp3) is 0. The Morgan fingerprint density at radius 2 is 1.64 bits per heavy atom. The maximum atomic E-state index is 13.8. The molecule has 3 aromatic rings. The zero-order valence-corrected chi connectivity index (χ0v) is 11.3. The molecule has 106 valence electrons. The fourth-order valence-electron chi connectivity index (χ4n) is 2.29. The molecule has 2 nitrogen and oxygen atoms in total. The Morgan fingerprint density at radius 1 is 0.909 bits per heavy atom. The monoisotopic (exact) mass is 293 g/mol. The van der Waals surface area contributed by atoms with Gasteiger partial charge in [-0.15, -0.1) is 0 Å². The molecule has 0 unspecified atom stereocenters. The number of hydrogen-bond acceptors (Lipinski definition) is 2. The summed E-state index contributed by atoms with van der Waals surface area (Å²) in [6.45, 7) is 0. The van der Waals surface area contributed by atoms with Gasteiger partial charge >= 0.3 is 0 Å². The van der Waals surface area contributed by atoms with Crippen molar-refractivity contribution in [1.29, 1.82) is 5.26 Å². The van der Waals surface area contributed by atoms with E-state index in [0.717, 1.165) is 16.8 Å². The number of fused-ring (bicyclic) bond motifs is 1. The van der Waals surface area contributed by atoms with Gasteiger partial charge in [0.2, 0.25) is 0 Å². The lowest BCUT2D eigenvalue weighted by Crippen LogP contribution is -2.06. The molecule has 0 atom stereocenters. The van der Waals surface area contributed by atoms with Gasteiger partial charge in [0.05, 0.1) is 11.1 Å². The second-order valence-corrected chi connectivity index (χ2v) is 4.81. The van der Waals surface area contributed by atoms with Gasteiger partial charge in [0, 0.05) is 11.6 Å². The molecule has 0 spiro atoms. The molecule has 0 amide bonds. The maximum absolute atomic E-state index is 13.8. The van der Waals surface area contributed by atoms with E-state index in [4.69, 9.17) is 5.26 Å². The molecule has 4 heteroatoms. The molecular weight excluding hydrogens is 284 g/mol. The molecule has 0 aromatic heterocycles. The predicted octanol–water partition coefficient (Wildman–Crippen LogP) is 4.22. The van der Waals surface area contributed by atoms with Crippen LogP contribution in [0.25, 0.3) is 10.8 Å². The maximum Gasteiger partial charge on any atom is 0.196 e. The van der Waals surface area contributed by atoms with E-state index in [0.29, 0.717) is 6.07 Å². The topological polar surface area (TPSA) is 40.9 Å². The van der Waals surface area contributed by atoms with Crippen molar-refractivity contribution in [2.45, 2.75) is 0 Å². The molecule has 0 N–H and O–H groups in total. The number of carbonyl (C=O) groups excluding carboxylic acids is 1. The number of nitrogens with zero attached hydrogens (tertiary/aromatic N) is 1. The number of nitriles is 1. The molecular formula is C18H9F2NO. The highest BCUT2D eigenvalue weighted by atomic mass is 19.1. The van der Waals surface area contributed by atoms with Crippen molar-refractivity contribution in [3.8, 4) is 6.07 Å². The van der Waals surface area contributed by atoms with Crippen LogP contribution in [0.5, 0.6) is 0 Å². The van der Waals surface area contributed by atoms with Gasteiger partial charge in [0.25, 0.3) is 0 Å². The highest BCUT2D eigenvalue weighted by Gasteiger charge is 2.17. The Kier molecular flexibility index (Phi) is 3.40. The quantitative estimate of drug-likeness (QED) is 0.664. The summed E-state index contributed by atoms with van der Waals surface area (Å²) < 4.78 is 27.2. The Balaban J connectivity index is 2.11. The normalized spacial score (nSPS) is 10.4. The molecule has 3 rings (SSSR count). The largest absolute Gasteiger partial charge is 0.288 e. The molecule has 0 bridgehead atoms. The highest BCUT2D eigenvalue weighted by molar-refractivity contribution is 6.11. The first kappa shape index (κ1) is 13.9. The van der Waals surface area contributed by atoms with E-state index in [1.54, 1.807) is 24.3 Å². The van der Waals surface area contributed by atoms with Crippen molar-refractivity contribution < 1.29 is 13.6 Å². The van der Waals surface area contributed by atoms with Crippen molar-refractivity contribution in [2.24, 2.45) is 0 Å². The van der Waals surface area contributed by atoms with Crippen LogP contribution in [0.1, 0.15) is 21.5 Å². The Morgan fingerprint density at radius 3 is 2.36 bits per heavy atom. The van der Waals surface area contributed by atoms with Gasteiger partial charge in [0.15, 0.2) is 5.78 Å². The lowest BCUT2D eigenvalue weighted by atomic mass is 9.98. The van der Waals surface area contributed by atoms with Crippen LogP contribution >= 0.6 is 0 Å². The summed E-state index contributed by atoms with van der Waals surface area (Å²) in [6, 6.07) is 15.6. The number of ketones is 1. The zero-order chi connectivity index (χ0) is 15.7. The third-order valence-electron chi connectivity index (χ3n) is 3.43. The first-order chi connectivity index (χ1) is 10.6. The van der Waals surface area contributed by atoms with Crippen LogP contribution in [-0.2, 0) is 0 Å². The minimum atomic E-state index is -0.977. The van der Waals surface area contributed by atoms with Crippen LogP contribution in [0, 0.1) is 23.0 Å². The lowest BCUT2D eigenvalue weighted by Gasteiger charge is -2.06. The molecule has 0 saturated carbocycles. The molecule has 3 aromatic carbocycles. The minimum absolute atomic E-state index is 0.285. The molecule has 0 radical (unpaired) electrons. The van der Waals surface area contributed by atoms with E-state index in [1.807, 2.05) is 24.3 Å². The average molecular weight is 293 g/mol. The van der Waals surface area contributed by atoms with Crippen LogP contribution in [-0.4, -0.2) is 5.78 Å². The van der Waals surface area contributed by atoms with Gasteiger partial charge in [-0.1, -0.05) is 36.4 Å². The Bertz CT molecular complexity index is 941. The van der Waals surface area contributed by atoms with Crippen molar-refractivity contribution in [2.75, 3.05) is 0 Å². The smallest absolute Gasteiger partial charge is 0.196 e. The van der Waals surface area contributed by atoms with Crippen LogP contribution in [0.3, 0.4) is 0 Å². The number of benzene rings is 3. The predicted molar refractivity (Wildman–Crippen MR) is 78.5 cm³/mol. The van der Waals surface area contributed by atoms with E-state index in [-0.39, 0.29) is 16.7 Å². The van der Waals surface area contributed by atoms with Crippen LogP contribution in [0.15, 0.2) is 54.6 Å². The van der Waals surface area contributed by atoms with Crippen molar-refractivity contribution in [1.82, 2.24) is 0 Å². The second kappa shape index (κ2) is 5.38. The molecule has 0 heterocycles. The molecule has 0 aliphatic rings. The number of halogens is 2. The van der Waals surface area contributed by atoms with E-state index in [9.17, 15) is 13.6 Å². The van der Waals surface area contributed by atoms with E-state index in [1.165, 1.54) is 0 Å². The van der Waals surface area contributed by atoms with Gasteiger partial charge < -0.3 is 0 Å². The fourth-order valence-corrected chi connectivity index (χ4v) is 2.29. The molecule has 0 fully saturated rings. The van der Waals surface area contributed by atoms with Crippen molar-refractivity contribution in [3.05, 3.63) is 82.9 Å². The number of carbonyl (C=O) groups is 1. The second-order valence-electron chi connectivity index (χ2n) is 4.81. The first-order valence-electron chi connectivity index (χ1n) is 6.53. The van der Waals surface area contributed by atoms with Crippen LogP contribution in [0.2, 0.25) is 0 Å². The van der Waals surface area contributed by atoms with Gasteiger partial charge in [-0.3, -0.25) is 4.79 Å². The molecule has 0 saturated heterocycles. The van der Waals surface area contributed by atoms with Gasteiger partial charge in [0.1, 0.15) is 17.7 Å². The van der Waals surface area contributed by atoms with Gasteiger partial charge in [-0.25, -0.2) is 8.78 Å². The Labute approximate surface area is 125 Å². The standard InChI is InChI=1S/C18H9F2NO/c19-16-9-17(20)15(8-14(16)10-21)18(22)13-6-5-11-3-1-2-4-12(11)7-13/h1-9H. The summed E-state index contributed by atoms with van der Waals surface area (Å²) in [4.78, 5) is 12.4. The first-order valence-corrected chi connectivity index (χ1v) is 6.53.